The summed E-state index contributed by atoms with van der Waals surface area (Å²) in [5.74, 6) is -1.22. The Labute approximate surface area is 121 Å². The van der Waals surface area contributed by atoms with Gasteiger partial charge in [-0.25, -0.2) is 0 Å². The van der Waals surface area contributed by atoms with Crippen molar-refractivity contribution >= 4 is 0 Å². The van der Waals surface area contributed by atoms with E-state index in [-0.39, 0.29) is 11.2 Å². The van der Waals surface area contributed by atoms with Gasteiger partial charge in [-0.1, -0.05) is 30.3 Å². The predicted octanol–water partition coefficient (Wildman–Crippen LogP) is 3.97. The van der Waals surface area contributed by atoms with Crippen LogP contribution in [-0.4, -0.2) is 17.2 Å². The van der Waals surface area contributed by atoms with Crippen molar-refractivity contribution in [2.75, 3.05) is 0 Å². The third-order valence-electron chi connectivity index (χ3n) is 4.15. The van der Waals surface area contributed by atoms with Crippen LogP contribution in [0.15, 0.2) is 30.3 Å². The normalized spacial score (nSPS) is 43.2. The molecule has 0 radical (unpaired) electrons. The molecule has 2 aliphatic rings. The molecule has 0 aliphatic carbocycles. The van der Waals surface area contributed by atoms with Crippen molar-refractivity contribution in [1.29, 1.82) is 0 Å². The maximum atomic E-state index is 6.42. The minimum Gasteiger partial charge on any atom is -0.344 e. The summed E-state index contributed by atoms with van der Waals surface area (Å²) in [6, 6.07) is 10.3. The Bertz CT molecular complexity index is 480. The van der Waals surface area contributed by atoms with E-state index in [1.165, 1.54) is 5.56 Å². The monoisotopic (exact) mass is 276 g/mol. The largest absolute Gasteiger partial charge is 0.344 e. The molecule has 1 aromatic carbocycles. The van der Waals surface area contributed by atoms with E-state index >= 15 is 0 Å². The van der Waals surface area contributed by atoms with E-state index in [4.69, 9.17) is 14.2 Å². The molecule has 0 aromatic heterocycles. The van der Waals surface area contributed by atoms with E-state index in [9.17, 15) is 0 Å². The van der Waals surface area contributed by atoms with Gasteiger partial charge in [0.05, 0.1) is 11.2 Å². The highest BCUT2D eigenvalue weighted by Gasteiger charge is 2.58. The Morgan fingerprint density at radius 2 is 1.35 bits per heavy atom. The Balaban J connectivity index is 2.00. The molecule has 3 heteroatoms. The zero-order valence-corrected chi connectivity index (χ0v) is 13.0. The van der Waals surface area contributed by atoms with Gasteiger partial charge in [0.1, 0.15) is 0 Å². The minimum absolute atomic E-state index is 0.236. The molecular formula is C17H24O3. The molecule has 3 rings (SSSR count). The van der Waals surface area contributed by atoms with Gasteiger partial charge in [-0.2, -0.15) is 0 Å². The topological polar surface area (TPSA) is 27.7 Å². The minimum atomic E-state index is -0.612. The van der Waals surface area contributed by atoms with Crippen LogP contribution in [0.2, 0.25) is 0 Å². The predicted molar refractivity (Wildman–Crippen MR) is 77.2 cm³/mol. The fourth-order valence-electron chi connectivity index (χ4n) is 4.11. The fourth-order valence-corrected chi connectivity index (χ4v) is 4.11. The van der Waals surface area contributed by atoms with E-state index in [0.717, 1.165) is 6.42 Å². The molecule has 2 fully saturated rings. The van der Waals surface area contributed by atoms with Gasteiger partial charge in [0.25, 0.3) is 0 Å². The molecule has 1 aromatic rings. The molecule has 2 bridgehead atoms. The molecule has 110 valence electrons. The van der Waals surface area contributed by atoms with Gasteiger partial charge < -0.3 is 14.2 Å². The average Bonchev–Trinajstić information content (AvgIpc) is 2.23. The van der Waals surface area contributed by atoms with E-state index in [1.54, 1.807) is 0 Å². The number of hydrogen-bond acceptors (Lipinski definition) is 3. The smallest absolute Gasteiger partial charge is 0.172 e. The van der Waals surface area contributed by atoms with Crippen molar-refractivity contribution < 1.29 is 14.2 Å². The summed E-state index contributed by atoms with van der Waals surface area (Å²) in [5, 5.41) is 0. The van der Waals surface area contributed by atoms with E-state index in [2.05, 4.69) is 32.9 Å². The first-order valence-corrected chi connectivity index (χ1v) is 7.30. The van der Waals surface area contributed by atoms with Crippen molar-refractivity contribution in [3.63, 3.8) is 0 Å². The first-order valence-electron chi connectivity index (χ1n) is 7.30. The van der Waals surface area contributed by atoms with E-state index in [1.807, 2.05) is 32.0 Å². The molecule has 3 unspecified atom stereocenters. The van der Waals surface area contributed by atoms with Crippen LogP contribution in [-0.2, 0) is 19.8 Å². The average molecular weight is 276 g/mol. The van der Waals surface area contributed by atoms with Gasteiger partial charge in [0, 0.05) is 12.8 Å². The highest BCUT2D eigenvalue weighted by Crippen LogP contribution is 2.53. The van der Waals surface area contributed by atoms with Crippen molar-refractivity contribution in [2.24, 2.45) is 0 Å². The highest BCUT2D eigenvalue weighted by atomic mass is 16.8. The summed E-state index contributed by atoms with van der Waals surface area (Å²) in [7, 11) is 0. The molecule has 0 amide bonds. The Kier molecular flexibility index (Phi) is 2.85. The van der Waals surface area contributed by atoms with Gasteiger partial charge in [-0.3, -0.25) is 0 Å². The highest BCUT2D eigenvalue weighted by molar-refractivity contribution is 5.23. The number of rotatable bonds is 1. The van der Waals surface area contributed by atoms with Gasteiger partial charge in [0.15, 0.2) is 11.6 Å². The number of benzene rings is 1. The lowest BCUT2D eigenvalue weighted by Gasteiger charge is -2.59. The second kappa shape index (κ2) is 4.06. The summed E-state index contributed by atoms with van der Waals surface area (Å²) in [5.41, 5.74) is 0.545. The van der Waals surface area contributed by atoms with Crippen LogP contribution in [0.1, 0.15) is 53.0 Å². The third-order valence-corrected chi connectivity index (χ3v) is 4.15. The maximum Gasteiger partial charge on any atom is 0.172 e. The van der Waals surface area contributed by atoms with E-state index < -0.39 is 11.6 Å². The van der Waals surface area contributed by atoms with Gasteiger partial charge >= 0.3 is 0 Å². The van der Waals surface area contributed by atoms with Crippen LogP contribution in [0, 0.1) is 0 Å². The summed E-state index contributed by atoms with van der Waals surface area (Å²) < 4.78 is 18.7. The van der Waals surface area contributed by atoms with Crippen LogP contribution < -0.4 is 0 Å². The summed E-state index contributed by atoms with van der Waals surface area (Å²) in [4.78, 5) is 0. The first kappa shape index (κ1) is 14.1. The van der Waals surface area contributed by atoms with Crippen LogP contribution >= 0.6 is 0 Å². The Hall–Kier alpha value is -0.900. The van der Waals surface area contributed by atoms with E-state index in [0.29, 0.717) is 6.42 Å². The van der Waals surface area contributed by atoms with Crippen LogP contribution in [0.5, 0.6) is 0 Å². The molecule has 0 saturated carbocycles. The zero-order valence-electron chi connectivity index (χ0n) is 13.0. The molecule has 2 aliphatic heterocycles. The molecule has 20 heavy (non-hydrogen) atoms. The standard InChI is InChI=1S/C17H24O3/c1-14(2)11-16(4)19-15(3,12-17(5,18-14)20-16)13-9-7-6-8-10-13/h6-10H,11-12H2,1-5H3. The van der Waals surface area contributed by atoms with Crippen LogP contribution in [0.3, 0.4) is 0 Å². The number of ether oxygens (including phenoxy) is 3. The van der Waals surface area contributed by atoms with Crippen molar-refractivity contribution in [1.82, 2.24) is 0 Å². The lowest BCUT2D eigenvalue weighted by Crippen LogP contribution is -2.65. The quantitative estimate of drug-likeness (QED) is 0.776. The van der Waals surface area contributed by atoms with Gasteiger partial charge in [0.2, 0.25) is 0 Å². The lowest BCUT2D eigenvalue weighted by atomic mass is 9.83. The first-order chi connectivity index (χ1) is 9.14. The van der Waals surface area contributed by atoms with Gasteiger partial charge in [-0.15, -0.1) is 0 Å². The number of hydrogen-bond donors (Lipinski definition) is 0. The van der Waals surface area contributed by atoms with Crippen molar-refractivity contribution in [3.8, 4) is 0 Å². The molecule has 0 spiro atoms. The second-order valence-corrected chi connectivity index (χ2v) is 7.28. The third kappa shape index (κ3) is 2.39. The summed E-state index contributed by atoms with van der Waals surface area (Å²) in [6.45, 7) is 10.4. The molecule has 3 atom stereocenters. The number of fused-ring (bicyclic) bond motifs is 2. The van der Waals surface area contributed by atoms with Crippen LogP contribution in [0.4, 0.5) is 0 Å². The maximum absolute atomic E-state index is 6.42. The summed E-state index contributed by atoms with van der Waals surface area (Å²) in [6.07, 6.45) is 1.40. The molecular weight excluding hydrogens is 252 g/mol. The van der Waals surface area contributed by atoms with Crippen LogP contribution in [0.25, 0.3) is 0 Å². The van der Waals surface area contributed by atoms with Crippen molar-refractivity contribution in [3.05, 3.63) is 35.9 Å². The molecule has 0 N–H and O–H groups in total. The summed E-state index contributed by atoms with van der Waals surface area (Å²) >= 11 is 0. The van der Waals surface area contributed by atoms with Crippen molar-refractivity contribution in [2.45, 2.75) is 70.2 Å². The lowest BCUT2D eigenvalue weighted by molar-refractivity contribution is -0.478. The molecule has 3 nitrogen and oxygen atoms in total. The fraction of sp³-hybridized carbons (Fsp3) is 0.647. The second-order valence-electron chi connectivity index (χ2n) is 7.28. The SMILES string of the molecule is CC1(C)CC2(C)OC(C)(CC(C)(c3ccccc3)O2)O1. The zero-order chi connectivity index (χ0) is 14.6. The molecule has 2 heterocycles. The Morgan fingerprint density at radius 1 is 0.750 bits per heavy atom. The van der Waals surface area contributed by atoms with Gasteiger partial charge in [-0.05, 0) is 40.2 Å². The Morgan fingerprint density at radius 3 is 1.95 bits per heavy atom. The molecule has 2 saturated heterocycles.